The van der Waals surface area contributed by atoms with E-state index in [0.29, 0.717) is 18.1 Å². The maximum atomic E-state index is 12.2. The first-order valence-electron chi connectivity index (χ1n) is 7.15. The molecule has 2 aromatic rings. The number of methoxy groups -OCH3 is 1. The van der Waals surface area contributed by atoms with E-state index in [9.17, 15) is 4.79 Å². The second kappa shape index (κ2) is 7.27. The Morgan fingerprint density at radius 2 is 2.00 bits per heavy atom. The van der Waals surface area contributed by atoms with Crippen molar-refractivity contribution in [3.05, 3.63) is 51.2 Å². The highest BCUT2D eigenvalue weighted by molar-refractivity contribution is 7.12. The number of ketones is 1. The predicted molar refractivity (Wildman–Crippen MR) is 91.3 cm³/mol. The number of aryl methyl sites for hydroxylation is 2. The first kappa shape index (κ1) is 16.3. The van der Waals surface area contributed by atoms with Gasteiger partial charge in [-0.2, -0.15) is 0 Å². The standard InChI is InChI=1S/C18H20O3S/c1-5-21-17-9-7-14(11-18(17)20-4)6-8-16(19)15-10-12(2)22-13(15)3/h6-11H,5H2,1-4H3/b8-6+. The lowest BCUT2D eigenvalue weighted by atomic mass is 10.1. The normalized spacial score (nSPS) is 10.9. The summed E-state index contributed by atoms with van der Waals surface area (Å²) in [5.74, 6) is 1.39. The van der Waals surface area contributed by atoms with Crippen LogP contribution in [-0.2, 0) is 0 Å². The smallest absolute Gasteiger partial charge is 0.186 e. The predicted octanol–water partition coefficient (Wildman–Crippen LogP) is 4.67. The first-order chi connectivity index (χ1) is 10.5. The Kier molecular flexibility index (Phi) is 5.39. The largest absolute Gasteiger partial charge is 0.493 e. The van der Waals surface area contributed by atoms with Crippen molar-refractivity contribution < 1.29 is 14.3 Å². The SMILES string of the molecule is CCOc1ccc(/C=C/C(=O)c2cc(C)sc2C)cc1OC. The van der Waals surface area contributed by atoms with Crippen LogP contribution in [0.15, 0.2) is 30.3 Å². The molecule has 0 radical (unpaired) electrons. The van der Waals surface area contributed by atoms with Crippen LogP contribution < -0.4 is 9.47 Å². The van der Waals surface area contributed by atoms with Crippen LogP contribution in [0.25, 0.3) is 6.08 Å². The van der Waals surface area contributed by atoms with Crippen molar-refractivity contribution in [2.75, 3.05) is 13.7 Å². The summed E-state index contributed by atoms with van der Waals surface area (Å²) >= 11 is 1.64. The number of ether oxygens (including phenoxy) is 2. The molecule has 0 amide bonds. The minimum absolute atomic E-state index is 0.0229. The third-order valence-corrected chi connectivity index (χ3v) is 4.19. The zero-order chi connectivity index (χ0) is 16.1. The van der Waals surface area contributed by atoms with Gasteiger partial charge in [-0.25, -0.2) is 0 Å². The third-order valence-electron chi connectivity index (χ3n) is 3.22. The molecule has 1 aromatic heterocycles. The Balaban J connectivity index is 2.19. The number of allylic oxidation sites excluding steroid dienone is 1. The van der Waals surface area contributed by atoms with Crippen molar-refractivity contribution in [1.29, 1.82) is 0 Å². The summed E-state index contributed by atoms with van der Waals surface area (Å²) in [6.07, 6.45) is 3.40. The van der Waals surface area contributed by atoms with Crippen molar-refractivity contribution in [3.8, 4) is 11.5 Å². The monoisotopic (exact) mass is 316 g/mol. The molecule has 1 aromatic carbocycles. The molecule has 0 bridgehead atoms. The van der Waals surface area contributed by atoms with Gasteiger partial charge in [-0.15, -0.1) is 11.3 Å². The summed E-state index contributed by atoms with van der Waals surface area (Å²) in [5.41, 5.74) is 1.68. The van der Waals surface area contributed by atoms with E-state index in [4.69, 9.17) is 9.47 Å². The maximum absolute atomic E-state index is 12.2. The van der Waals surface area contributed by atoms with E-state index in [1.54, 1.807) is 30.6 Å². The van der Waals surface area contributed by atoms with Crippen LogP contribution in [0.2, 0.25) is 0 Å². The van der Waals surface area contributed by atoms with Crippen LogP contribution >= 0.6 is 11.3 Å². The summed E-state index contributed by atoms with van der Waals surface area (Å²) in [5, 5.41) is 0. The van der Waals surface area contributed by atoms with Crippen LogP contribution in [-0.4, -0.2) is 19.5 Å². The second-order valence-electron chi connectivity index (χ2n) is 4.87. The van der Waals surface area contributed by atoms with Crippen molar-refractivity contribution in [2.45, 2.75) is 20.8 Å². The van der Waals surface area contributed by atoms with Crippen molar-refractivity contribution in [1.82, 2.24) is 0 Å². The van der Waals surface area contributed by atoms with Gasteiger partial charge in [0.2, 0.25) is 0 Å². The summed E-state index contributed by atoms with van der Waals surface area (Å²) in [6.45, 7) is 6.49. The fourth-order valence-electron chi connectivity index (χ4n) is 2.20. The van der Waals surface area contributed by atoms with Gasteiger partial charge in [0.15, 0.2) is 17.3 Å². The Labute approximate surface area is 135 Å². The lowest BCUT2D eigenvalue weighted by Crippen LogP contribution is -1.96. The molecule has 0 aliphatic carbocycles. The van der Waals surface area contributed by atoms with Crippen LogP contribution in [0, 0.1) is 13.8 Å². The molecule has 0 spiro atoms. The number of hydrogen-bond acceptors (Lipinski definition) is 4. The fraction of sp³-hybridized carbons (Fsp3) is 0.278. The second-order valence-corrected chi connectivity index (χ2v) is 6.33. The number of carbonyl (C=O) groups excluding carboxylic acids is 1. The highest BCUT2D eigenvalue weighted by atomic mass is 32.1. The molecule has 2 rings (SSSR count). The van der Waals surface area contributed by atoms with Gasteiger partial charge in [-0.05, 0) is 50.6 Å². The molecule has 4 heteroatoms. The first-order valence-corrected chi connectivity index (χ1v) is 7.97. The number of carbonyl (C=O) groups is 1. The number of benzene rings is 1. The van der Waals surface area contributed by atoms with Crippen molar-refractivity contribution >= 4 is 23.2 Å². The minimum atomic E-state index is 0.0229. The number of thiophene rings is 1. The molecule has 0 fully saturated rings. The molecule has 0 unspecified atom stereocenters. The molecule has 0 aliphatic heterocycles. The van der Waals surface area contributed by atoms with Gasteiger partial charge >= 0.3 is 0 Å². The number of rotatable bonds is 6. The van der Waals surface area contributed by atoms with E-state index < -0.39 is 0 Å². The zero-order valence-corrected chi connectivity index (χ0v) is 14.1. The average Bonchev–Trinajstić information content (AvgIpc) is 2.85. The van der Waals surface area contributed by atoms with Gasteiger partial charge in [-0.3, -0.25) is 4.79 Å². The summed E-state index contributed by atoms with van der Waals surface area (Å²) in [6, 6.07) is 7.56. The molecular weight excluding hydrogens is 296 g/mol. The van der Waals surface area contributed by atoms with Crippen LogP contribution in [0.4, 0.5) is 0 Å². The molecular formula is C18H20O3S. The topological polar surface area (TPSA) is 35.5 Å². The fourth-order valence-corrected chi connectivity index (χ4v) is 3.13. The van der Waals surface area contributed by atoms with Gasteiger partial charge in [0, 0.05) is 15.3 Å². The average molecular weight is 316 g/mol. The highest BCUT2D eigenvalue weighted by Crippen LogP contribution is 2.28. The van der Waals surface area contributed by atoms with Gasteiger partial charge < -0.3 is 9.47 Å². The lowest BCUT2D eigenvalue weighted by Gasteiger charge is -2.09. The Hall–Kier alpha value is -2.07. The van der Waals surface area contributed by atoms with Gasteiger partial charge in [0.05, 0.1) is 13.7 Å². The Bertz CT molecular complexity index is 698. The number of hydrogen-bond donors (Lipinski definition) is 0. The van der Waals surface area contributed by atoms with E-state index in [1.165, 1.54) is 0 Å². The molecule has 1 heterocycles. The van der Waals surface area contributed by atoms with Crippen molar-refractivity contribution in [3.63, 3.8) is 0 Å². The summed E-state index contributed by atoms with van der Waals surface area (Å²) < 4.78 is 10.8. The highest BCUT2D eigenvalue weighted by Gasteiger charge is 2.09. The molecule has 0 saturated heterocycles. The molecule has 0 N–H and O–H groups in total. The Morgan fingerprint density at radius 3 is 2.59 bits per heavy atom. The van der Waals surface area contributed by atoms with Crippen LogP contribution in [0.5, 0.6) is 11.5 Å². The van der Waals surface area contributed by atoms with E-state index >= 15 is 0 Å². The van der Waals surface area contributed by atoms with E-state index in [1.807, 2.05) is 45.0 Å². The molecule has 3 nitrogen and oxygen atoms in total. The van der Waals surface area contributed by atoms with E-state index in [2.05, 4.69) is 0 Å². The summed E-state index contributed by atoms with van der Waals surface area (Å²) in [4.78, 5) is 14.4. The quantitative estimate of drug-likeness (QED) is 0.574. The van der Waals surface area contributed by atoms with E-state index in [-0.39, 0.29) is 5.78 Å². The molecule has 0 saturated carbocycles. The molecule has 22 heavy (non-hydrogen) atoms. The van der Waals surface area contributed by atoms with Gasteiger partial charge in [0.25, 0.3) is 0 Å². The Morgan fingerprint density at radius 1 is 1.23 bits per heavy atom. The minimum Gasteiger partial charge on any atom is -0.493 e. The van der Waals surface area contributed by atoms with Crippen LogP contribution in [0.3, 0.4) is 0 Å². The molecule has 0 aliphatic rings. The van der Waals surface area contributed by atoms with Crippen molar-refractivity contribution in [2.24, 2.45) is 0 Å². The van der Waals surface area contributed by atoms with Gasteiger partial charge in [0.1, 0.15) is 0 Å². The van der Waals surface area contributed by atoms with E-state index in [0.717, 1.165) is 20.9 Å². The lowest BCUT2D eigenvalue weighted by molar-refractivity contribution is 0.104. The van der Waals surface area contributed by atoms with Gasteiger partial charge in [-0.1, -0.05) is 12.1 Å². The molecule has 116 valence electrons. The molecule has 0 atom stereocenters. The third kappa shape index (κ3) is 3.77. The zero-order valence-electron chi connectivity index (χ0n) is 13.3. The summed E-state index contributed by atoms with van der Waals surface area (Å²) in [7, 11) is 1.61. The van der Waals surface area contributed by atoms with Crippen LogP contribution in [0.1, 0.15) is 32.6 Å². The maximum Gasteiger partial charge on any atom is 0.186 e.